The second-order valence-electron chi connectivity index (χ2n) is 6.95. The number of amides is 2. The van der Waals surface area contributed by atoms with Crippen LogP contribution < -0.4 is 5.32 Å². The number of hydrogen-bond donors (Lipinski definition) is 1. The summed E-state index contributed by atoms with van der Waals surface area (Å²) in [6.45, 7) is 6.42. The van der Waals surface area contributed by atoms with Gasteiger partial charge in [-0.25, -0.2) is 0 Å². The van der Waals surface area contributed by atoms with E-state index in [0.29, 0.717) is 37.9 Å². The number of anilines is 1. The molecule has 2 fully saturated rings. The topological polar surface area (TPSA) is 61.9 Å². The number of carbonyl (C=O) groups is 2. The van der Waals surface area contributed by atoms with Crippen molar-refractivity contribution in [3.05, 3.63) is 28.8 Å². The highest BCUT2D eigenvalue weighted by Gasteiger charge is 2.29. The molecule has 0 atom stereocenters. The van der Waals surface area contributed by atoms with Crippen molar-refractivity contribution >= 4 is 29.1 Å². The number of carbonyl (C=O) groups excluding carboxylic acids is 2. The molecule has 0 aromatic heterocycles. The summed E-state index contributed by atoms with van der Waals surface area (Å²) < 4.78 is 5.31. The van der Waals surface area contributed by atoms with E-state index in [-0.39, 0.29) is 17.7 Å². The minimum Gasteiger partial charge on any atom is -0.378 e. The second-order valence-corrected chi connectivity index (χ2v) is 7.36. The lowest BCUT2D eigenvalue weighted by atomic mass is 9.95. The van der Waals surface area contributed by atoms with Gasteiger partial charge in [0.25, 0.3) is 0 Å². The summed E-state index contributed by atoms with van der Waals surface area (Å²) in [7, 11) is 0. The molecule has 0 radical (unpaired) electrons. The van der Waals surface area contributed by atoms with E-state index >= 15 is 0 Å². The second kappa shape index (κ2) is 8.84. The van der Waals surface area contributed by atoms with Crippen LogP contribution in [0.5, 0.6) is 0 Å². The molecular formula is C19H26ClN3O3. The molecule has 2 heterocycles. The molecule has 142 valence electrons. The highest BCUT2D eigenvalue weighted by Crippen LogP contribution is 2.23. The predicted octanol–water partition coefficient (Wildman–Crippen LogP) is 2.16. The smallest absolute Gasteiger partial charge is 0.238 e. The van der Waals surface area contributed by atoms with Gasteiger partial charge in [-0.3, -0.25) is 14.5 Å². The van der Waals surface area contributed by atoms with E-state index < -0.39 is 0 Å². The van der Waals surface area contributed by atoms with Crippen molar-refractivity contribution in [2.75, 3.05) is 51.3 Å². The maximum atomic E-state index is 12.6. The van der Waals surface area contributed by atoms with Gasteiger partial charge < -0.3 is 15.0 Å². The molecule has 1 aromatic carbocycles. The number of nitrogens with one attached hydrogen (secondary N) is 1. The normalized spacial score (nSPS) is 19.4. The maximum absolute atomic E-state index is 12.6. The summed E-state index contributed by atoms with van der Waals surface area (Å²) in [5.74, 6) is 0.267. The number of halogens is 1. The Morgan fingerprint density at radius 1 is 1.19 bits per heavy atom. The number of morpholine rings is 1. The van der Waals surface area contributed by atoms with Crippen molar-refractivity contribution in [2.45, 2.75) is 19.8 Å². The van der Waals surface area contributed by atoms with Gasteiger partial charge in [-0.15, -0.1) is 0 Å². The molecule has 0 bridgehead atoms. The lowest BCUT2D eigenvalue weighted by molar-refractivity contribution is -0.141. The third-order valence-electron chi connectivity index (χ3n) is 5.17. The molecule has 0 unspecified atom stereocenters. The monoisotopic (exact) mass is 379 g/mol. The van der Waals surface area contributed by atoms with Gasteiger partial charge in [-0.2, -0.15) is 0 Å². The van der Waals surface area contributed by atoms with Crippen LogP contribution in [0.1, 0.15) is 18.4 Å². The molecule has 2 saturated heterocycles. The van der Waals surface area contributed by atoms with Crippen LogP contribution in [0.2, 0.25) is 5.02 Å². The summed E-state index contributed by atoms with van der Waals surface area (Å²) in [5.41, 5.74) is 1.62. The van der Waals surface area contributed by atoms with E-state index in [1.807, 2.05) is 30.0 Å². The standard InChI is InChI=1S/C19H26ClN3O3/c1-14-16(20)3-2-4-17(14)21-18(24)13-22-7-5-15(6-8-22)19(25)23-9-11-26-12-10-23/h2-4,15H,5-13H2,1H3,(H,21,24). The summed E-state index contributed by atoms with van der Waals surface area (Å²) in [6, 6.07) is 5.49. The van der Waals surface area contributed by atoms with Crippen LogP contribution in [0.4, 0.5) is 5.69 Å². The van der Waals surface area contributed by atoms with Gasteiger partial charge in [0.05, 0.1) is 19.8 Å². The Hall–Kier alpha value is -1.63. The lowest BCUT2D eigenvalue weighted by Gasteiger charge is -2.35. The first kappa shape index (κ1) is 19.1. The average molecular weight is 380 g/mol. The van der Waals surface area contributed by atoms with E-state index in [1.54, 1.807) is 0 Å². The number of hydrogen-bond acceptors (Lipinski definition) is 4. The molecule has 3 rings (SSSR count). The molecule has 2 aliphatic rings. The SMILES string of the molecule is Cc1c(Cl)cccc1NC(=O)CN1CCC(C(=O)N2CCOCC2)CC1. The quantitative estimate of drug-likeness (QED) is 0.870. The first-order valence-electron chi connectivity index (χ1n) is 9.18. The molecule has 2 amide bonds. The maximum Gasteiger partial charge on any atom is 0.238 e. The molecule has 0 aliphatic carbocycles. The Bertz CT molecular complexity index is 653. The van der Waals surface area contributed by atoms with Crippen molar-refractivity contribution in [3.63, 3.8) is 0 Å². The van der Waals surface area contributed by atoms with Crippen LogP contribution in [0, 0.1) is 12.8 Å². The van der Waals surface area contributed by atoms with Crippen LogP contribution in [0.15, 0.2) is 18.2 Å². The van der Waals surface area contributed by atoms with Crippen LogP contribution in [-0.4, -0.2) is 67.6 Å². The van der Waals surface area contributed by atoms with Gasteiger partial charge in [-0.05, 0) is 50.6 Å². The molecule has 7 heteroatoms. The van der Waals surface area contributed by atoms with Gasteiger partial charge in [0.2, 0.25) is 11.8 Å². The Kier molecular flexibility index (Phi) is 6.51. The fourth-order valence-corrected chi connectivity index (χ4v) is 3.69. The Balaban J connectivity index is 1.45. The van der Waals surface area contributed by atoms with Gasteiger partial charge in [0, 0.05) is 29.7 Å². The fraction of sp³-hybridized carbons (Fsp3) is 0.579. The number of piperidine rings is 1. The third-order valence-corrected chi connectivity index (χ3v) is 5.58. The zero-order chi connectivity index (χ0) is 18.5. The molecule has 6 nitrogen and oxygen atoms in total. The Labute approximate surface area is 159 Å². The van der Waals surface area contributed by atoms with E-state index in [2.05, 4.69) is 10.2 Å². The van der Waals surface area contributed by atoms with Crippen molar-refractivity contribution in [1.29, 1.82) is 0 Å². The highest BCUT2D eigenvalue weighted by molar-refractivity contribution is 6.31. The van der Waals surface area contributed by atoms with Crippen molar-refractivity contribution < 1.29 is 14.3 Å². The van der Waals surface area contributed by atoms with Gasteiger partial charge in [0.15, 0.2) is 0 Å². The predicted molar refractivity (Wildman–Crippen MR) is 101 cm³/mol. The van der Waals surface area contributed by atoms with Crippen LogP contribution in [-0.2, 0) is 14.3 Å². The number of rotatable bonds is 4. The lowest BCUT2D eigenvalue weighted by Crippen LogP contribution is -2.47. The largest absolute Gasteiger partial charge is 0.378 e. The van der Waals surface area contributed by atoms with Crippen molar-refractivity contribution in [2.24, 2.45) is 5.92 Å². The summed E-state index contributed by atoms with van der Waals surface area (Å²) >= 11 is 6.09. The first-order chi connectivity index (χ1) is 12.5. The molecule has 26 heavy (non-hydrogen) atoms. The van der Waals surface area contributed by atoms with Crippen LogP contribution in [0.3, 0.4) is 0 Å². The minimum atomic E-state index is -0.0478. The average Bonchev–Trinajstić information content (AvgIpc) is 2.66. The number of nitrogens with zero attached hydrogens (tertiary/aromatic N) is 2. The van der Waals surface area contributed by atoms with Gasteiger partial charge >= 0.3 is 0 Å². The molecule has 1 aromatic rings. The van der Waals surface area contributed by atoms with Gasteiger partial charge in [0.1, 0.15) is 0 Å². The first-order valence-corrected chi connectivity index (χ1v) is 9.56. The number of likely N-dealkylation sites (tertiary alicyclic amines) is 1. The van der Waals surface area contributed by atoms with E-state index in [1.165, 1.54) is 0 Å². The van der Waals surface area contributed by atoms with Crippen LogP contribution >= 0.6 is 11.6 Å². The molecular weight excluding hydrogens is 354 g/mol. The highest BCUT2D eigenvalue weighted by atomic mass is 35.5. The van der Waals surface area contributed by atoms with Gasteiger partial charge in [-0.1, -0.05) is 17.7 Å². The molecule has 0 saturated carbocycles. The van der Waals surface area contributed by atoms with Crippen molar-refractivity contribution in [1.82, 2.24) is 9.80 Å². The van der Waals surface area contributed by atoms with Crippen LogP contribution in [0.25, 0.3) is 0 Å². The van der Waals surface area contributed by atoms with E-state index in [0.717, 1.165) is 37.2 Å². The fourth-order valence-electron chi connectivity index (χ4n) is 3.52. The minimum absolute atomic E-state index is 0.0478. The molecule has 1 N–H and O–H groups in total. The zero-order valence-corrected chi connectivity index (χ0v) is 15.9. The Morgan fingerprint density at radius 2 is 1.88 bits per heavy atom. The number of ether oxygens (including phenoxy) is 1. The van der Waals surface area contributed by atoms with Crippen molar-refractivity contribution in [3.8, 4) is 0 Å². The molecule has 0 spiro atoms. The molecule has 2 aliphatic heterocycles. The van der Waals surface area contributed by atoms with E-state index in [4.69, 9.17) is 16.3 Å². The number of benzene rings is 1. The summed E-state index contributed by atoms with van der Waals surface area (Å²) in [6.07, 6.45) is 1.61. The summed E-state index contributed by atoms with van der Waals surface area (Å²) in [4.78, 5) is 28.9. The Morgan fingerprint density at radius 3 is 2.58 bits per heavy atom. The van der Waals surface area contributed by atoms with E-state index in [9.17, 15) is 9.59 Å². The zero-order valence-electron chi connectivity index (χ0n) is 15.2. The summed E-state index contributed by atoms with van der Waals surface area (Å²) in [5, 5.41) is 3.57. The third kappa shape index (κ3) is 4.75.